The Labute approximate surface area is 118 Å². The minimum atomic E-state index is -1.15. The lowest BCUT2D eigenvalue weighted by atomic mass is 10.1. The average Bonchev–Trinajstić information content (AvgIpc) is 2.40. The van der Waals surface area contributed by atoms with Crippen molar-refractivity contribution in [2.45, 2.75) is 20.3 Å². The molecule has 0 rings (SSSR count). The first-order valence-electron chi connectivity index (χ1n) is 6.23. The molecule has 7 nitrogen and oxygen atoms in total. The van der Waals surface area contributed by atoms with Crippen molar-refractivity contribution in [2.24, 2.45) is 0 Å². The number of carboxylic acids is 1. The Morgan fingerprint density at radius 1 is 1.20 bits per heavy atom. The van der Waals surface area contributed by atoms with Crippen LogP contribution in [-0.4, -0.2) is 61.6 Å². The van der Waals surface area contributed by atoms with Crippen LogP contribution in [-0.2, 0) is 19.1 Å². The highest BCUT2D eigenvalue weighted by Crippen LogP contribution is 2.06. The molecule has 0 aliphatic carbocycles. The predicted octanol–water partition coefficient (Wildman–Crippen LogP) is 0.0185. The Morgan fingerprint density at radius 3 is 2.30 bits per heavy atom. The van der Waals surface area contributed by atoms with Gasteiger partial charge in [0.1, 0.15) is 0 Å². The second-order valence-corrected chi connectivity index (χ2v) is 4.41. The topological polar surface area (TPSA) is 95.9 Å². The molecule has 20 heavy (non-hydrogen) atoms. The number of aliphatic carboxylic acids is 1. The molecule has 0 unspecified atom stereocenters. The van der Waals surface area contributed by atoms with Crippen LogP contribution < -0.4 is 5.32 Å². The van der Waals surface area contributed by atoms with E-state index < -0.39 is 11.9 Å². The van der Waals surface area contributed by atoms with Crippen molar-refractivity contribution in [1.82, 2.24) is 10.2 Å². The summed E-state index contributed by atoms with van der Waals surface area (Å²) in [7, 11) is 3.03. The van der Waals surface area contributed by atoms with E-state index in [-0.39, 0.29) is 23.6 Å². The lowest BCUT2D eigenvalue weighted by molar-refractivity contribution is -0.134. The second-order valence-electron chi connectivity index (χ2n) is 4.41. The molecule has 0 saturated heterocycles. The summed E-state index contributed by atoms with van der Waals surface area (Å²) in [6.07, 6.45) is 0.691. The van der Waals surface area contributed by atoms with Crippen molar-refractivity contribution in [3.05, 3.63) is 11.1 Å². The Kier molecular flexibility index (Phi) is 8.23. The SMILES string of the molecule is COCCCNC(=O)CN(C)C(=O)C(C)=C(C)C(=O)O. The van der Waals surface area contributed by atoms with E-state index in [1.54, 1.807) is 7.11 Å². The van der Waals surface area contributed by atoms with Gasteiger partial charge in [-0.3, -0.25) is 9.59 Å². The Balaban J connectivity index is 4.36. The molecule has 0 heterocycles. The monoisotopic (exact) mass is 286 g/mol. The average molecular weight is 286 g/mol. The summed E-state index contributed by atoms with van der Waals surface area (Å²) in [5.74, 6) is -1.91. The number of hydrogen-bond acceptors (Lipinski definition) is 4. The van der Waals surface area contributed by atoms with Crippen molar-refractivity contribution < 1.29 is 24.2 Å². The molecule has 0 radical (unpaired) electrons. The Morgan fingerprint density at radius 2 is 1.80 bits per heavy atom. The van der Waals surface area contributed by atoms with Crippen LogP contribution in [0.5, 0.6) is 0 Å². The van der Waals surface area contributed by atoms with Gasteiger partial charge in [-0.1, -0.05) is 0 Å². The molecule has 0 spiro atoms. The van der Waals surface area contributed by atoms with Crippen LogP contribution in [0, 0.1) is 0 Å². The first-order chi connectivity index (χ1) is 9.31. The fourth-order valence-electron chi connectivity index (χ4n) is 1.39. The summed E-state index contributed by atoms with van der Waals surface area (Å²) >= 11 is 0. The maximum atomic E-state index is 11.9. The van der Waals surface area contributed by atoms with Crippen LogP contribution in [0.2, 0.25) is 0 Å². The molecule has 0 aromatic rings. The smallest absolute Gasteiger partial charge is 0.331 e. The fourth-order valence-corrected chi connectivity index (χ4v) is 1.39. The first kappa shape index (κ1) is 18.1. The highest BCUT2D eigenvalue weighted by Gasteiger charge is 2.18. The molecule has 0 aromatic carbocycles. The fraction of sp³-hybridized carbons (Fsp3) is 0.615. The van der Waals surface area contributed by atoms with Crippen molar-refractivity contribution in [2.75, 3.05) is 33.9 Å². The molecule has 0 saturated carbocycles. The van der Waals surface area contributed by atoms with Gasteiger partial charge in [-0.25, -0.2) is 4.79 Å². The zero-order valence-electron chi connectivity index (χ0n) is 12.4. The number of rotatable bonds is 8. The van der Waals surface area contributed by atoms with Gasteiger partial charge in [0.15, 0.2) is 0 Å². The summed E-state index contributed by atoms with van der Waals surface area (Å²) in [6, 6.07) is 0. The number of carbonyl (C=O) groups is 3. The number of carboxylic acid groups (broad SMARTS) is 1. The number of ether oxygens (including phenoxy) is 1. The highest BCUT2D eigenvalue weighted by molar-refractivity contribution is 6.02. The van der Waals surface area contributed by atoms with Gasteiger partial charge in [-0.05, 0) is 20.3 Å². The maximum absolute atomic E-state index is 11.9. The largest absolute Gasteiger partial charge is 0.478 e. The Hall–Kier alpha value is -1.89. The molecule has 114 valence electrons. The van der Waals surface area contributed by atoms with E-state index in [0.717, 1.165) is 0 Å². The van der Waals surface area contributed by atoms with Crippen molar-refractivity contribution in [3.8, 4) is 0 Å². The van der Waals surface area contributed by atoms with Gasteiger partial charge >= 0.3 is 5.97 Å². The first-order valence-corrected chi connectivity index (χ1v) is 6.23. The van der Waals surface area contributed by atoms with E-state index >= 15 is 0 Å². The quantitative estimate of drug-likeness (QED) is 0.484. The number of nitrogens with zero attached hydrogens (tertiary/aromatic N) is 1. The summed E-state index contributed by atoms with van der Waals surface area (Å²) in [4.78, 5) is 35.4. The molecule has 0 aliphatic heterocycles. The van der Waals surface area contributed by atoms with Gasteiger partial charge in [0.05, 0.1) is 6.54 Å². The van der Waals surface area contributed by atoms with E-state index in [4.69, 9.17) is 9.84 Å². The van der Waals surface area contributed by atoms with Crippen molar-refractivity contribution in [3.63, 3.8) is 0 Å². The van der Waals surface area contributed by atoms with Crippen LogP contribution >= 0.6 is 0 Å². The molecule has 0 aliphatic rings. The number of nitrogens with one attached hydrogen (secondary N) is 1. The number of methoxy groups -OCH3 is 1. The molecule has 0 fully saturated rings. The van der Waals surface area contributed by atoms with Gasteiger partial charge in [0.25, 0.3) is 0 Å². The number of hydrogen-bond donors (Lipinski definition) is 2. The van der Waals surface area contributed by atoms with Gasteiger partial charge in [0, 0.05) is 38.5 Å². The van der Waals surface area contributed by atoms with Crippen molar-refractivity contribution >= 4 is 17.8 Å². The minimum Gasteiger partial charge on any atom is -0.478 e. The maximum Gasteiger partial charge on any atom is 0.331 e. The number of amides is 2. The van der Waals surface area contributed by atoms with Gasteiger partial charge in [0.2, 0.25) is 11.8 Å². The standard InChI is InChI=1S/C13H22N2O5/c1-9(10(2)13(18)19)12(17)15(3)8-11(16)14-6-5-7-20-4/h5-8H2,1-4H3,(H,14,16)(H,18,19). The molecular formula is C13H22N2O5. The van der Waals surface area contributed by atoms with Gasteiger partial charge < -0.3 is 20.1 Å². The number of carbonyl (C=O) groups excluding carboxylic acids is 2. The van der Waals surface area contributed by atoms with E-state index in [2.05, 4.69) is 5.32 Å². The minimum absolute atomic E-state index is 0.0256. The molecule has 0 atom stereocenters. The molecule has 2 N–H and O–H groups in total. The Bertz CT molecular complexity index is 404. The van der Waals surface area contributed by atoms with Gasteiger partial charge in [-0.2, -0.15) is 0 Å². The van der Waals surface area contributed by atoms with Crippen LogP contribution in [0.15, 0.2) is 11.1 Å². The van der Waals surface area contributed by atoms with Gasteiger partial charge in [-0.15, -0.1) is 0 Å². The summed E-state index contributed by atoms with van der Waals surface area (Å²) in [5, 5.41) is 11.5. The van der Waals surface area contributed by atoms with E-state index in [0.29, 0.717) is 19.6 Å². The molecular weight excluding hydrogens is 264 g/mol. The third-order valence-electron chi connectivity index (χ3n) is 2.78. The predicted molar refractivity (Wildman–Crippen MR) is 73.1 cm³/mol. The van der Waals surface area contributed by atoms with Crippen LogP contribution in [0.3, 0.4) is 0 Å². The molecule has 0 aromatic heterocycles. The van der Waals surface area contributed by atoms with E-state index in [1.165, 1.54) is 25.8 Å². The van der Waals surface area contributed by atoms with E-state index in [1.807, 2.05) is 0 Å². The van der Waals surface area contributed by atoms with E-state index in [9.17, 15) is 14.4 Å². The molecule has 0 bridgehead atoms. The van der Waals surface area contributed by atoms with Crippen molar-refractivity contribution in [1.29, 1.82) is 0 Å². The van der Waals surface area contributed by atoms with Crippen LogP contribution in [0.4, 0.5) is 0 Å². The highest BCUT2D eigenvalue weighted by atomic mass is 16.5. The number of likely N-dealkylation sites (N-methyl/N-ethyl adjacent to an activating group) is 1. The third kappa shape index (κ3) is 6.33. The van der Waals surface area contributed by atoms with Crippen LogP contribution in [0.1, 0.15) is 20.3 Å². The summed E-state index contributed by atoms with van der Waals surface area (Å²) in [5.41, 5.74) is 0.0922. The molecule has 2 amide bonds. The third-order valence-corrected chi connectivity index (χ3v) is 2.78. The zero-order chi connectivity index (χ0) is 15.7. The van der Waals surface area contributed by atoms with Crippen LogP contribution in [0.25, 0.3) is 0 Å². The summed E-state index contributed by atoms with van der Waals surface area (Å²) in [6.45, 7) is 3.69. The normalized spacial score (nSPS) is 11.6. The zero-order valence-corrected chi connectivity index (χ0v) is 12.4. The lowest BCUT2D eigenvalue weighted by Gasteiger charge is -2.17. The lowest BCUT2D eigenvalue weighted by Crippen LogP contribution is -2.39. The summed E-state index contributed by atoms with van der Waals surface area (Å²) < 4.78 is 4.85. The second kappa shape index (κ2) is 9.08. The molecule has 7 heteroatoms.